The molecule has 1 unspecified atom stereocenters. The van der Waals surface area contributed by atoms with Gasteiger partial charge in [-0.15, -0.1) is 0 Å². The molecule has 1 N–H and O–H groups in total. The fraction of sp³-hybridized carbons (Fsp3) is 0.773. The Bertz CT molecular complexity index is 656. The first-order valence-electron chi connectivity index (χ1n) is 11.4. The van der Waals surface area contributed by atoms with Crippen LogP contribution in [0.3, 0.4) is 0 Å². The number of piperidine rings is 1. The highest BCUT2D eigenvalue weighted by molar-refractivity contribution is 5.78. The summed E-state index contributed by atoms with van der Waals surface area (Å²) in [6.07, 6.45) is 11.1. The zero-order chi connectivity index (χ0) is 20.1. The van der Waals surface area contributed by atoms with E-state index in [1.807, 2.05) is 17.3 Å². The Hall–Kier alpha value is -1.73. The number of likely N-dealkylation sites (tertiary alicyclic amines) is 1. The van der Waals surface area contributed by atoms with Crippen molar-refractivity contribution in [2.45, 2.75) is 51.6 Å². The third kappa shape index (κ3) is 6.12. The van der Waals surface area contributed by atoms with E-state index in [9.17, 15) is 4.79 Å². The summed E-state index contributed by atoms with van der Waals surface area (Å²) < 4.78 is 5.74. The van der Waals surface area contributed by atoms with E-state index in [0.717, 1.165) is 30.9 Å². The number of aromatic nitrogens is 2. The van der Waals surface area contributed by atoms with E-state index in [1.165, 1.54) is 45.3 Å². The predicted molar refractivity (Wildman–Crippen MR) is 113 cm³/mol. The molecule has 3 heterocycles. The molecule has 160 valence electrons. The van der Waals surface area contributed by atoms with Crippen LogP contribution in [0.1, 0.15) is 44.6 Å². The summed E-state index contributed by atoms with van der Waals surface area (Å²) in [4.78, 5) is 25.7. The average molecular weight is 402 g/mol. The summed E-state index contributed by atoms with van der Waals surface area (Å²) >= 11 is 0. The SMILES string of the molecule is CCCc1cnc(NCC2CN(CC3CCN(CC4CC4)CC3)C(=O)CO2)nc1. The maximum Gasteiger partial charge on any atom is 0.248 e. The maximum absolute atomic E-state index is 12.4. The lowest BCUT2D eigenvalue weighted by atomic mass is 9.95. The standard InChI is InChI=1S/C22H35N5O2/c1-2-3-19-10-23-22(24-11-19)25-12-20-15-27(21(28)16-29-20)14-18-6-8-26(9-7-18)13-17-4-5-17/h10-11,17-18,20H,2-9,12-16H2,1H3,(H,23,24,25). The molecule has 29 heavy (non-hydrogen) atoms. The largest absolute Gasteiger partial charge is 0.365 e. The quantitative estimate of drug-likeness (QED) is 0.684. The first-order valence-corrected chi connectivity index (χ1v) is 11.4. The molecular weight excluding hydrogens is 366 g/mol. The van der Waals surface area contributed by atoms with Gasteiger partial charge in [-0.25, -0.2) is 9.97 Å². The number of rotatable bonds is 9. The van der Waals surface area contributed by atoms with Crippen molar-refractivity contribution < 1.29 is 9.53 Å². The maximum atomic E-state index is 12.4. The van der Waals surface area contributed by atoms with E-state index in [1.54, 1.807) is 0 Å². The molecule has 7 nitrogen and oxygen atoms in total. The van der Waals surface area contributed by atoms with Crippen LogP contribution in [0.2, 0.25) is 0 Å². The number of anilines is 1. The van der Waals surface area contributed by atoms with Crippen molar-refractivity contribution in [2.24, 2.45) is 11.8 Å². The van der Waals surface area contributed by atoms with Crippen LogP contribution in [-0.4, -0.2) is 77.7 Å². The van der Waals surface area contributed by atoms with Gasteiger partial charge in [0.1, 0.15) is 6.61 Å². The molecule has 1 atom stereocenters. The normalized spacial score (nSPS) is 24.1. The van der Waals surface area contributed by atoms with Crippen LogP contribution in [-0.2, 0) is 16.0 Å². The van der Waals surface area contributed by atoms with Crippen molar-refractivity contribution in [3.8, 4) is 0 Å². The van der Waals surface area contributed by atoms with Crippen LogP contribution >= 0.6 is 0 Å². The number of carbonyl (C=O) groups excluding carboxylic acids is 1. The Labute approximate surface area is 174 Å². The van der Waals surface area contributed by atoms with Gasteiger partial charge in [-0.2, -0.15) is 0 Å². The van der Waals surface area contributed by atoms with E-state index in [2.05, 4.69) is 27.1 Å². The number of morpholine rings is 1. The Balaban J connectivity index is 1.20. The molecule has 3 fully saturated rings. The number of nitrogens with one attached hydrogen (secondary N) is 1. The number of ether oxygens (including phenoxy) is 1. The van der Waals surface area contributed by atoms with Gasteiger partial charge >= 0.3 is 0 Å². The van der Waals surface area contributed by atoms with Crippen LogP contribution in [0.4, 0.5) is 5.95 Å². The molecule has 4 rings (SSSR count). The Morgan fingerprint density at radius 3 is 2.52 bits per heavy atom. The van der Waals surface area contributed by atoms with E-state index < -0.39 is 0 Å². The Kier molecular flexibility index (Phi) is 6.98. The minimum Gasteiger partial charge on any atom is -0.365 e. The molecule has 0 radical (unpaired) electrons. The minimum absolute atomic E-state index is 0.0124. The van der Waals surface area contributed by atoms with Gasteiger partial charge in [-0.1, -0.05) is 13.3 Å². The zero-order valence-corrected chi connectivity index (χ0v) is 17.7. The van der Waals surface area contributed by atoms with Gasteiger partial charge in [-0.3, -0.25) is 4.79 Å². The third-order valence-electron chi connectivity index (χ3n) is 6.35. The van der Waals surface area contributed by atoms with Crippen molar-refractivity contribution in [1.29, 1.82) is 0 Å². The molecule has 1 aliphatic carbocycles. The van der Waals surface area contributed by atoms with Gasteiger partial charge < -0.3 is 19.9 Å². The van der Waals surface area contributed by atoms with E-state index in [0.29, 0.717) is 25.0 Å². The molecule has 1 aromatic rings. The number of hydrogen-bond donors (Lipinski definition) is 1. The third-order valence-corrected chi connectivity index (χ3v) is 6.35. The Morgan fingerprint density at radius 2 is 1.83 bits per heavy atom. The summed E-state index contributed by atoms with van der Waals surface area (Å²) in [5.41, 5.74) is 1.16. The number of amides is 1. The minimum atomic E-state index is -0.0124. The fourth-order valence-corrected chi connectivity index (χ4v) is 4.38. The molecule has 7 heteroatoms. The van der Waals surface area contributed by atoms with E-state index >= 15 is 0 Å². The van der Waals surface area contributed by atoms with Crippen LogP contribution in [0.15, 0.2) is 12.4 Å². The number of aryl methyl sites for hydroxylation is 1. The Morgan fingerprint density at radius 1 is 1.10 bits per heavy atom. The molecule has 0 aromatic carbocycles. The monoisotopic (exact) mass is 401 g/mol. The highest BCUT2D eigenvalue weighted by atomic mass is 16.5. The summed E-state index contributed by atoms with van der Waals surface area (Å²) in [7, 11) is 0. The summed E-state index contributed by atoms with van der Waals surface area (Å²) in [6, 6.07) is 0. The average Bonchev–Trinajstić information content (AvgIpc) is 3.55. The van der Waals surface area contributed by atoms with Gasteiger partial charge in [0.15, 0.2) is 0 Å². The lowest BCUT2D eigenvalue weighted by Crippen LogP contribution is -2.51. The lowest BCUT2D eigenvalue weighted by Gasteiger charge is -2.38. The van der Waals surface area contributed by atoms with Gasteiger partial charge in [0.05, 0.1) is 6.10 Å². The van der Waals surface area contributed by atoms with E-state index in [-0.39, 0.29) is 18.6 Å². The van der Waals surface area contributed by atoms with Crippen LogP contribution in [0, 0.1) is 11.8 Å². The summed E-state index contributed by atoms with van der Waals surface area (Å²) in [6.45, 7) is 8.15. The smallest absolute Gasteiger partial charge is 0.248 e. The molecule has 1 saturated carbocycles. The van der Waals surface area contributed by atoms with Crippen LogP contribution in [0.25, 0.3) is 0 Å². The second-order valence-corrected chi connectivity index (χ2v) is 8.96. The summed E-state index contributed by atoms with van der Waals surface area (Å²) in [5, 5.41) is 3.26. The predicted octanol–water partition coefficient (Wildman–Crippen LogP) is 2.19. The molecule has 0 bridgehead atoms. The second kappa shape index (κ2) is 9.85. The van der Waals surface area contributed by atoms with Crippen LogP contribution in [0.5, 0.6) is 0 Å². The van der Waals surface area contributed by atoms with Crippen molar-refractivity contribution in [1.82, 2.24) is 19.8 Å². The zero-order valence-electron chi connectivity index (χ0n) is 17.7. The van der Waals surface area contributed by atoms with Gasteiger partial charge in [0.25, 0.3) is 0 Å². The summed E-state index contributed by atoms with van der Waals surface area (Å²) in [5.74, 6) is 2.34. The lowest BCUT2D eigenvalue weighted by molar-refractivity contribution is -0.149. The topological polar surface area (TPSA) is 70.6 Å². The molecule has 3 aliphatic rings. The number of carbonyl (C=O) groups is 1. The van der Waals surface area contributed by atoms with Crippen molar-refractivity contribution in [3.05, 3.63) is 18.0 Å². The van der Waals surface area contributed by atoms with Crippen molar-refractivity contribution in [2.75, 3.05) is 51.2 Å². The number of hydrogen-bond acceptors (Lipinski definition) is 6. The first-order chi connectivity index (χ1) is 14.2. The molecule has 1 aromatic heterocycles. The molecule has 2 aliphatic heterocycles. The van der Waals surface area contributed by atoms with Gasteiger partial charge in [0, 0.05) is 38.6 Å². The fourth-order valence-electron chi connectivity index (χ4n) is 4.38. The molecule has 1 amide bonds. The molecular formula is C22H35N5O2. The highest BCUT2D eigenvalue weighted by Crippen LogP contribution is 2.31. The van der Waals surface area contributed by atoms with Crippen LogP contribution < -0.4 is 5.32 Å². The van der Waals surface area contributed by atoms with Crippen molar-refractivity contribution >= 4 is 11.9 Å². The first kappa shape index (κ1) is 20.5. The van der Waals surface area contributed by atoms with Crippen molar-refractivity contribution in [3.63, 3.8) is 0 Å². The van der Waals surface area contributed by atoms with E-state index in [4.69, 9.17) is 4.74 Å². The number of nitrogens with zero attached hydrogens (tertiary/aromatic N) is 4. The molecule has 0 spiro atoms. The van der Waals surface area contributed by atoms with Gasteiger partial charge in [0.2, 0.25) is 11.9 Å². The molecule has 2 saturated heterocycles. The second-order valence-electron chi connectivity index (χ2n) is 8.96. The van der Waals surface area contributed by atoms with Gasteiger partial charge in [-0.05, 0) is 62.6 Å². The highest BCUT2D eigenvalue weighted by Gasteiger charge is 2.31.